The Kier molecular flexibility index (Phi) is 5.60. The molecule has 0 saturated heterocycles. The molecule has 0 N–H and O–H groups in total. The summed E-state index contributed by atoms with van der Waals surface area (Å²) in [5.74, 6) is 0.243. The molecule has 0 spiro atoms. The number of benzene rings is 6. The number of hydrogen-bond acceptors (Lipinski definition) is 0. The Balaban J connectivity index is 1.52. The van der Waals surface area contributed by atoms with Crippen LogP contribution in [0.3, 0.4) is 0 Å². The van der Waals surface area contributed by atoms with E-state index < -0.39 is 5.41 Å². The Hall–Kier alpha value is -4.94. The molecule has 194 valence electrons. The van der Waals surface area contributed by atoms with Crippen LogP contribution in [0.25, 0.3) is 16.7 Å². The summed E-state index contributed by atoms with van der Waals surface area (Å²) in [6.07, 6.45) is 2.57. The average molecular weight is 523 g/mol. The third-order valence-corrected chi connectivity index (χ3v) is 9.29. The second kappa shape index (κ2) is 9.61. The molecular weight excluding hydrogens is 492 g/mol. The first-order valence-electron chi connectivity index (χ1n) is 14.5. The Morgan fingerprint density at radius 1 is 0.366 bits per heavy atom. The maximum Gasteiger partial charge on any atom is 0.0415 e. The van der Waals surface area contributed by atoms with E-state index in [1.54, 1.807) is 0 Å². The monoisotopic (exact) mass is 522 g/mol. The number of fused-ring (bicyclic) bond motifs is 4. The fourth-order valence-corrected chi connectivity index (χ4v) is 7.72. The maximum atomic E-state index is 2.57. The van der Waals surface area contributed by atoms with E-state index in [0.29, 0.717) is 0 Å². The van der Waals surface area contributed by atoms with Gasteiger partial charge in [-0.25, -0.2) is 0 Å². The van der Waals surface area contributed by atoms with Crippen LogP contribution >= 0.6 is 0 Å². The highest BCUT2D eigenvalue weighted by Crippen LogP contribution is 2.63. The van der Waals surface area contributed by atoms with E-state index >= 15 is 0 Å². The first kappa shape index (κ1) is 23.9. The predicted octanol–water partition coefficient (Wildman–Crippen LogP) is 10.0. The zero-order valence-corrected chi connectivity index (χ0v) is 22.8. The second-order valence-electron chi connectivity index (χ2n) is 11.2. The summed E-state index contributed by atoms with van der Waals surface area (Å²) >= 11 is 0. The molecule has 2 aliphatic carbocycles. The van der Waals surface area contributed by atoms with Crippen molar-refractivity contribution in [1.82, 2.24) is 0 Å². The normalized spacial score (nSPS) is 15.6. The zero-order chi connectivity index (χ0) is 27.2. The smallest absolute Gasteiger partial charge is 0.0415 e. The highest BCUT2D eigenvalue weighted by Gasteiger charge is 2.53. The first-order chi connectivity index (χ1) is 20.4. The molecule has 0 aromatic heterocycles. The molecule has 0 amide bonds. The predicted molar refractivity (Wildman–Crippen MR) is 170 cm³/mol. The van der Waals surface area contributed by atoms with Crippen LogP contribution in [0.1, 0.15) is 50.8 Å². The molecule has 6 aromatic carbocycles. The second-order valence-corrected chi connectivity index (χ2v) is 11.2. The van der Waals surface area contributed by atoms with Crippen molar-refractivity contribution < 1.29 is 0 Å². The minimum absolute atomic E-state index is 0.114. The van der Waals surface area contributed by atoms with E-state index in [2.05, 4.69) is 170 Å². The van der Waals surface area contributed by atoms with Gasteiger partial charge < -0.3 is 0 Å². The van der Waals surface area contributed by atoms with Gasteiger partial charge in [-0.05, 0) is 55.6 Å². The number of rotatable bonds is 5. The Labute approximate surface area is 242 Å². The lowest BCUT2D eigenvalue weighted by Crippen LogP contribution is -2.40. The van der Waals surface area contributed by atoms with Gasteiger partial charge in [-0.3, -0.25) is 0 Å². The summed E-state index contributed by atoms with van der Waals surface area (Å²) < 4.78 is 0. The molecule has 0 nitrogen and oxygen atoms in total. The zero-order valence-electron chi connectivity index (χ0n) is 22.8. The summed E-state index contributed by atoms with van der Waals surface area (Å²) in [5.41, 5.74) is 13.1. The van der Waals surface area contributed by atoms with Crippen molar-refractivity contribution in [3.05, 3.63) is 209 Å². The molecule has 0 radical (unpaired) electrons. The summed E-state index contributed by atoms with van der Waals surface area (Å²) in [7, 11) is 0. The van der Waals surface area contributed by atoms with Crippen LogP contribution in [0.15, 0.2) is 170 Å². The average Bonchev–Trinajstić information content (AvgIpc) is 3.61. The van der Waals surface area contributed by atoms with Crippen molar-refractivity contribution in [3.8, 4) is 11.1 Å². The van der Waals surface area contributed by atoms with Gasteiger partial charge in [0.25, 0.3) is 0 Å². The van der Waals surface area contributed by atoms with Crippen molar-refractivity contribution in [2.45, 2.75) is 17.3 Å². The van der Waals surface area contributed by atoms with Gasteiger partial charge in [-0.1, -0.05) is 170 Å². The molecule has 8 rings (SSSR count). The van der Waals surface area contributed by atoms with Gasteiger partial charge in [0.05, 0.1) is 0 Å². The van der Waals surface area contributed by atoms with Crippen LogP contribution in [0.4, 0.5) is 0 Å². The molecular formula is C41H30. The molecule has 0 bridgehead atoms. The van der Waals surface area contributed by atoms with E-state index in [1.807, 2.05) is 0 Å². The summed E-state index contributed by atoms with van der Waals surface area (Å²) in [6, 6.07) is 60.7. The fraction of sp³-hybridized carbons (Fsp3) is 0.0732. The lowest BCUT2D eigenvalue weighted by molar-refractivity contribution is 0.417. The van der Waals surface area contributed by atoms with Crippen molar-refractivity contribution in [3.63, 3.8) is 0 Å². The van der Waals surface area contributed by atoms with E-state index in [-0.39, 0.29) is 11.8 Å². The van der Waals surface area contributed by atoms with Gasteiger partial charge in [0, 0.05) is 17.3 Å². The Bertz CT molecular complexity index is 1790. The van der Waals surface area contributed by atoms with Crippen molar-refractivity contribution >= 4 is 5.57 Å². The standard InChI is InChI=1S/C41H30/c1-4-16-29(17-5-1)38-28-39(35-25-13-10-24-34(35)38)41(30-18-6-2-7-19-30,31-20-8-3-9-21-31)40-36-26-14-11-22-32(36)33-23-12-15-27-37(33)40/h1-28,39-40H. The van der Waals surface area contributed by atoms with Crippen LogP contribution in [-0.4, -0.2) is 0 Å². The molecule has 2 aliphatic rings. The SMILES string of the molecule is C1=C(c2ccccc2)c2ccccc2C1C(c1ccccc1)(c1ccccc1)C1c2ccccc2-c2ccccc21. The van der Waals surface area contributed by atoms with Crippen molar-refractivity contribution in [2.75, 3.05) is 0 Å². The molecule has 1 atom stereocenters. The summed E-state index contributed by atoms with van der Waals surface area (Å²) in [5, 5.41) is 0. The van der Waals surface area contributed by atoms with Gasteiger partial charge in [0.15, 0.2) is 0 Å². The van der Waals surface area contributed by atoms with E-state index in [0.717, 1.165) is 0 Å². The lowest BCUT2D eigenvalue weighted by atomic mass is 9.55. The largest absolute Gasteiger partial charge is 0.0672 e. The van der Waals surface area contributed by atoms with Crippen molar-refractivity contribution in [2.24, 2.45) is 0 Å². The Morgan fingerprint density at radius 3 is 1.32 bits per heavy atom. The minimum atomic E-state index is -0.391. The maximum absolute atomic E-state index is 2.57. The third kappa shape index (κ3) is 3.54. The summed E-state index contributed by atoms with van der Waals surface area (Å²) in [4.78, 5) is 0. The van der Waals surface area contributed by atoms with Gasteiger partial charge in [-0.2, -0.15) is 0 Å². The van der Waals surface area contributed by atoms with Crippen LogP contribution in [0.2, 0.25) is 0 Å². The van der Waals surface area contributed by atoms with Crippen molar-refractivity contribution in [1.29, 1.82) is 0 Å². The Morgan fingerprint density at radius 2 is 0.780 bits per heavy atom. The lowest BCUT2D eigenvalue weighted by Gasteiger charge is -2.46. The number of allylic oxidation sites excluding steroid dienone is 1. The highest BCUT2D eigenvalue weighted by atomic mass is 14.5. The first-order valence-corrected chi connectivity index (χ1v) is 14.5. The van der Waals surface area contributed by atoms with Gasteiger partial charge >= 0.3 is 0 Å². The molecule has 0 aliphatic heterocycles. The van der Waals surface area contributed by atoms with Crippen LogP contribution in [0, 0.1) is 0 Å². The molecule has 1 unspecified atom stereocenters. The van der Waals surface area contributed by atoms with Crippen LogP contribution < -0.4 is 0 Å². The van der Waals surface area contributed by atoms with E-state index in [9.17, 15) is 0 Å². The van der Waals surface area contributed by atoms with Gasteiger partial charge in [0.2, 0.25) is 0 Å². The van der Waals surface area contributed by atoms with Gasteiger partial charge in [-0.15, -0.1) is 0 Å². The minimum Gasteiger partial charge on any atom is -0.0672 e. The third-order valence-electron chi connectivity index (χ3n) is 9.29. The van der Waals surface area contributed by atoms with Gasteiger partial charge in [0.1, 0.15) is 0 Å². The highest BCUT2D eigenvalue weighted by molar-refractivity contribution is 5.88. The van der Waals surface area contributed by atoms with Crippen LogP contribution in [0.5, 0.6) is 0 Å². The molecule has 0 heterocycles. The fourth-order valence-electron chi connectivity index (χ4n) is 7.72. The molecule has 0 saturated carbocycles. The topological polar surface area (TPSA) is 0 Å². The summed E-state index contributed by atoms with van der Waals surface area (Å²) in [6.45, 7) is 0. The molecule has 0 fully saturated rings. The molecule has 6 aromatic rings. The molecule has 41 heavy (non-hydrogen) atoms. The van der Waals surface area contributed by atoms with E-state index in [4.69, 9.17) is 0 Å². The van der Waals surface area contributed by atoms with E-state index in [1.165, 1.54) is 55.6 Å². The quantitative estimate of drug-likeness (QED) is 0.211. The molecule has 0 heteroatoms. The van der Waals surface area contributed by atoms with Crippen LogP contribution in [-0.2, 0) is 5.41 Å². The number of hydrogen-bond donors (Lipinski definition) is 0.